The van der Waals surface area contributed by atoms with E-state index in [1.165, 1.54) is 0 Å². The lowest BCUT2D eigenvalue weighted by Gasteiger charge is -2.10. The summed E-state index contributed by atoms with van der Waals surface area (Å²) in [4.78, 5) is 36.2. The van der Waals surface area contributed by atoms with Gasteiger partial charge in [0.2, 0.25) is 11.8 Å². The molecule has 8 nitrogen and oxygen atoms in total. The molecule has 170 valence electrons. The molecule has 0 saturated heterocycles. The highest BCUT2D eigenvalue weighted by atomic mass is 16.5. The zero-order valence-corrected chi connectivity index (χ0v) is 18.0. The number of nitrogens with one attached hydrogen (secondary N) is 3. The van der Waals surface area contributed by atoms with Crippen molar-refractivity contribution in [3.8, 4) is 11.5 Å². The monoisotopic (exact) mass is 447 g/mol. The van der Waals surface area contributed by atoms with Crippen LogP contribution in [-0.2, 0) is 9.59 Å². The van der Waals surface area contributed by atoms with E-state index in [0.717, 1.165) is 5.75 Å². The van der Waals surface area contributed by atoms with Gasteiger partial charge >= 0.3 is 0 Å². The number of hydrogen-bond acceptors (Lipinski definition) is 5. The van der Waals surface area contributed by atoms with Gasteiger partial charge in [-0.25, -0.2) is 0 Å². The van der Waals surface area contributed by atoms with Crippen LogP contribution in [0.1, 0.15) is 23.2 Å². The van der Waals surface area contributed by atoms with Crippen LogP contribution in [0, 0.1) is 0 Å². The van der Waals surface area contributed by atoms with E-state index in [0.29, 0.717) is 30.2 Å². The molecule has 3 N–H and O–H groups in total. The summed E-state index contributed by atoms with van der Waals surface area (Å²) in [6.07, 6.45) is -0.0749. The summed E-state index contributed by atoms with van der Waals surface area (Å²) in [5.41, 5.74) is 5.62. The summed E-state index contributed by atoms with van der Waals surface area (Å²) in [7, 11) is 0. The van der Waals surface area contributed by atoms with Crippen molar-refractivity contribution in [3.63, 3.8) is 0 Å². The van der Waals surface area contributed by atoms with Crippen LogP contribution < -0.4 is 25.6 Å². The Balaban J connectivity index is 1.36. The Morgan fingerprint density at radius 1 is 0.636 bits per heavy atom. The second-order valence-electron chi connectivity index (χ2n) is 6.95. The maximum Gasteiger partial charge on any atom is 0.269 e. The molecule has 0 atom stereocenters. The Bertz CT molecular complexity index is 1060. The molecule has 0 spiro atoms. The number of para-hydroxylation sites is 2. The van der Waals surface area contributed by atoms with Crippen molar-refractivity contribution in [3.05, 3.63) is 90.5 Å². The quantitative estimate of drug-likeness (QED) is 0.327. The first-order chi connectivity index (χ1) is 16.1. The number of benzene rings is 3. The largest absolute Gasteiger partial charge is 0.490 e. The molecule has 0 aromatic heterocycles. The molecule has 3 aromatic carbocycles. The van der Waals surface area contributed by atoms with Gasteiger partial charge in [-0.05, 0) is 42.5 Å². The lowest BCUT2D eigenvalue weighted by Crippen LogP contribution is -2.41. The number of hydrazine groups is 1. The lowest BCUT2D eigenvalue weighted by atomic mass is 10.2. The fraction of sp³-hybridized carbons (Fsp3) is 0.160. The molecule has 0 aliphatic carbocycles. The van der Waals surface area contributed by atoms with Crippen LogP contribution in [0.25, 0.3) is 0 Å². The highest BCUT2D eigenvalue weighted by molar-refractivity contribution is 5.96. The van der Waals surface area contributed by atoms with Crippen molar-refractivity contribution in [2.75, 3.05) is 18.5 Å². The lowest BCUT2D eigenvalue weighted by molar-refractivity contribution is -0.124. The third kappa shape index (κ3) is 8.37. The van der Waals surface area contributed by atoms with Crippen molar-refractivity contribution in [2.24, 2.45) is 0 Å². The van der Waals surface area contributed by atoms with Crippen LogP contribution in [0.4, 0.5) is 5.69 Å². The van der Waals surface area contributed by atoms with Gasteiger partial charge in [0.1, 0.15) is 24.7 Å². The normalized spacial score (nSPS) is 10.1. The second-order valence-corrected chi connectivity index (χ2v) is 6.95. The number of hydrogen-bond donors (Lipinski definition) is 3. The highest BCUT2D eigenvalue weighted by Crippen LogP contribution is 2.14. The van der Waals surface area contributed by atoms with Crippen molar-refractivity contribution in [1.29, 1.82) is 0 Å². The molecule has 0 heterocycles. The number of rotatable bonds is 10. The number of amides is 3. The van der Waals surface area contributed by atoms with Crippen molar-refractivity contribution >= 4 is 23.4 Å². The van der Waals surface area contributed by atoms with Crippen LogP contribution in [0.2, 0.25) is 0 Å². The van der Waals surface area contributed by atoms with Crippen molar-refractivity contribution in [1.82, 2.24) is 10.9 Å². The fourth-order valence-corrected chi connectivity index (χ4v) is 2.80. The van der Waals surface area contributed by atoms with E-state index in [4.69, 9.17) is 9.47 Å². The molecule has 3 aromatic rings. The molecule has 0 saturated carbocycles. The zero-order valence-electron chi connectivity index (χ0n) is 18.0. The van der Waals surface area contributed by atoms with Gasteiger partial charge in [-0.1, -0.05) is 42.5 Å². The molecule has 0 aliphatic rings. The Hall–Kier alpha value is -4.33. The first-order valence-electron chi connectivity index (χ1n) is 10.4. The van der Waals surface area contributed by atoms with E-state index in [1.807, 2.05) is 36.4 Å². The standard InChI is InChI=1S/C25H25N3O5/c29-23(26-20-9-3-1-4-10-20)14-15-24(30)27-28-25(31)19-8-7-13-22(18-19)33-17-16-32-21-11-5-2-6-12-21/h1-13,18H,14-17H2,(H,26,29)(H,27,30)(H,28,31). The number of ether oxygens (including phenoxy) is 2. The van der Waals surface area contributed by atoms with Gasteiger partial charge in [-0.2, -0.15) is 0 Å². The minimum Gasteiger partial charge on any atom is -0.490 e. The van der Waals surface area contributed by atoms with E-state index in [-0.39, 0.29) is 18.7 Å². The maximum atomic E-state index is 12.3. The van der Waals surface area contributed by atoms with Crippen LogP contribution in [-0.4, -0.2) is 30.9 Å². The first kappa shape index (κ1) is 23.3. The second kappa shape index (κ2) is 12.5. The van der Waals surface area contributed by atoms with Crippen LogP contribution >= 0.6 is 0 Å². The van der Waals surface area contributed by atoms with Crippen LogP contribution in [0.3, 0.4) is 0 Å². The van der Waals surface area contributed by atoms with E-state index >= 15 is 0 Å². The summed E-state index contributed by atoms with van der Waals surface area (Å²) in [6, 6.07) is 24.9. The minimum absolute atomic E-state index is 0.00895. The molecular weight excluding hydrogens is 422 g/mol. The molecule has 0 unspecified atom stereocenters. The van der Waals surface area contributed by atoms with Crippen LogP contribution in [0.15, 0.2) is 84.9 Å². The van der Waals surface area contributed by atoms with Gasteiger partial charge < -0.3 is 14.8 Å². The van der Waals surface area contributed by atoms with Gasteiger partial charge in [0, 0.05) is 24.1 Å². The SMILES string of the molecule is O=C(CCC(=O)Nc1ccccc1)NNC(=O)c1cccc(OCCOc2ccccc2)c1. The number of carbonyl (C=O) groups is 3. The molecule has 8 heteroatoms. The summed E-state index contributed by atoms with van der Waals surface area (Å²) in [5, 5.41) is 2.70. The smallest absolute Gasteiger partial charge is 0.269 e. The number of carbonyl (C=O) groups excluding carboxylic acids is 3. The molecule has 33 heavy (non-hydrogen) atoms. The molecule has 3 rings (SSSR count). The molecule has 0 fully saturated rings. The Labute approximate surface area is 191 Å². The first-order valence-corrected chi connectivity index (χ1v) is 10.4. The van der Waals surface area contributed by atoms with Crippen LogP contribution in [0.5, 0.6) is 11.5 Å². The predicted molar refractivity (Wildman–Crippen MR) is 124 cm³/mol. The van der Waals surface area contributed by atoms with E-state index in [1.54, 1.807) is 48.5 Å². The van der Waals surface area contributed by atoms with Gasteiger partial charge in [0.05, 0.1) is 0 Å². The Morgan fingerprint density at radius 2 is 1.24 bits per heavy atom. The minimum atomic E-state index is -0.497. The number of anilines is 1. The Kier molecular flexibility index (Phi) is 8.84. The average molecular weight is 447 g/mol. The van der Waals surface area contributed by atoms with Gasteiger partial charge in [-0.15, -0.1) is 0 Å². The molecule has 0 bridgehead atoms. The van der Waals surface area contributed by atoms with Crippen molar-refractivity contribution in [2.45, 2.75) is 12.8 Å². The zero-order chi connectivity index (χ0) is 23.3. The van der Waals surface area contributed by atoms with Gasteiger partial charge in [-0.3, -0.25) is 25.2 Å². The molecular formula is C25H25N3O5. The summed E-state index contributed by atoms with van der Waals surface area (Å²) in [5.74, 6) is -0.00499. The van der Waals surface area contributed by atoms with E-state index in [2.05, 4.69) is 16.2 Å². The maximum absolute atomic E-state index is 12.3. The van der Waals surface area contributed by atoms with E-state index < -0.39 is 11.8 Å². The summed E-state index contributed by atoms with van der Waals surface area (Å²) >= 11 is 0. The highest BCUT2D eigenvalue weighted by Gasteiger charge is 2.10. The topological polar surface area (TPSA) is 106 Å². The third-order valence-corrected chi connectivity index (χ3v) is 4.41. The van der Waals surface area contributed by atoms with Crippen molar-refractivity contribution < 1.29 is 23.9 Å². The molecule has 3 amide bonds. The van der Waals surface area contributed by atoms with Gasteiger partial charge in [0.25, 0.3) is 5.91 Å². The molecule has 0 radical (unpaired) electrons. The van der Waals surface area contributed by atoms with E-state index in [9.17, 15) is 14.4 Å². The van der Waals surface area contributed by atoms with Gasteiger partial charge in [0.15, 0.2) is 0 Å². The predicted octanol–water partition coefficient (Wildman–Crippen LogP) is 3.32. The fourth-order valence-electron chi connectivity index (χ4n) is 2.80. The Morgan fingerprint density at radius 3 is 1.97 bits per heavy atom. The molecule has 0 aliphatic heterocycles. The summed E-state index contributed by atoms with van der Waals surface area (Å²) < 4.78 is 11.2. The summed E-state index contributed by atoms with van der Waals surface area (Å²) in [6.45, 7) is 0.663. The third-order valence-electron chi connectivity index (χ3n) is 4.41. The average Bonchev–Trinajstić information content (AvgIpc) is 2.85.